The lowest BCUT2D eigenvalue weighted by Gasteiger charge is -2.24. The van der Waals surface area contributed by atoms with Gasteiger partial charge in [0.15, 0.2) is 5.78 Å². The molecule has 2 aromatic rings. The van der Waals surface area contributed by atoms with E-state index in [1.54, 1.807) is 24.3 Å². The minimum absolute atomic E-state index is 0.0200. The highest BCUT2D eigenvalue weighted by molar-refractivity contribution is 6.00. The number of anilines is 1. The normalized spacial score (nSPS) is 11.0. The Morgan fingerprint density at radius 3 is 2.24 bits per heavy atom. The fourth-order valence-electron chi connectivity index (χ4n) is 2.09. The summed E-state index contributed by atoms with van der Waals surface area (Å²) in [7, 11) is 0. The molecular weight excluding hydrogens is 262 g/mol. The van der Waals surface area contributed by atoms with Crippen molar-refractivity contribution in [2.75, 3.05) is 5.32 Å². The summed E-state index contributed by atoms with van der Waals surface area (Å²) in [5.41, 5.74) is 1.53. The van der Waals surface area contributed by atoms with Gasteiger partial charge in [0, 0.05) is 11.3 Å². The summed E-state index contributed by atoms with van der Waals surface area (Å²) in [5.74, 6) is -0.122. The number of benzene rings is 2. The van der Waals surface area contributed by atoms with E-state index >= 15 is 0 Å². The van der Waals surface area contributed by atoms with Crippen molar-refractivity contribution in [3.8, 4) is 0 Å². The van der Waals surface area contributed by atoms with Crippen LogP contribution < -0.4 is 5.32 Å². The van der Waals surface area contributed by atoms with E-state index in [0.29, 0.717) is 11.3 Å². The molecule has 0 aliphatic rings. The van der Waals surface area contributed by atoms with E-state index in [1.807, 2.05) is 44.2 Å². The van der Waals surface area contributed by atoms with E-state index in [4.69, 9.17) is 0 Å². The molecule has 2 rings (SSSR count). The maximum atomic E-state index is 12.5. The van der Waals surface area contributed by atoms with Crippen LogP contribution in [0.15, 0.2) is 54.6 Å². The van der Waals surface area contributed by atoms with Gasteiger partial charge < -0.3 is 5.32 Å². The molecule has 0 aromatic heterocycles. The zero-order valence-corrected chi connectivity index (χ0v) is 12.5. The van der Waals surface area contributed by atoms with Crippen LogP contribution in [0.25, 0.3) is 0 Å². The van der Waals surface area contributed by atoms with Gasteiger partial charge in [0.1, 0.15) is 0 Å². The molecule has 1 amide bonds. The minimum Gasteiger partial charge on any atom is -0.325 e. The van der Waals surface area contributed by atoms with Crippen molar-refractivity contribution < 1.29 is 9.59 Å². The Hall–Kier alpha value is -2.42. The maximum Gasteiger partial charge on any atom is 0.234 e. The first kappa shape index (κ1) is 15.0. The average molecular weight is 281 g/mol. The molecule has 0 aliphatic heterocycles. The van der Waals surface area contributed by atoms with Crippen LogP contribution in [-0.4, -0.2) is 11.7 Å². The predicted molar refractivity (Wildman–Crippen MR) is 84.5 cm³/mol. The van der Waals surface area contributed by atoms with Crippen LogP contribution in [0.3, 0.4) is 0 Å². The van der Waals surface area contributed by atoms with Crippen molar-refractivity contribution in [2.24, 2.45) is 0 Å². The van der Waals surface area contributed by atoms with E-state index in [1.165, 1.54) is 6.92 Å². The summed E-state index contributed by atoms with van der Waals surface area (Å²) in [6.07, 6.45) is 0. The zero-order chi connectivity index (χ0) is 15.5. The molecule has 0 fully saturated rings. The number of nitrogens with one attached hydrogen (secondary N) is 1. The Morgan fingerprint density at radius 1 is 0.952 bits per heavy atom. The lowest BCUT2D eigenvalue weighted by Crippen LogP contribution is -2.34. The first-order valence-electron chi connectivity index (χ1n) is 6.89. The first-order chi connectivity index (χ1) is 9.91. The average Bonchev–Trinajstić information content (AvgIpc) is 2.48. The van der Waals surface area contributed by atoms with Crippen molar-refractivity contribution in [2.45, 2.75) is 26.2 Å². The number of hydrogen-bond acceptors (Lipinski definition) is 2. The Kier molecular flexibility index (Phi) is 4.22. The second-order valence-electron chi connectivity index (χ2n) is 5.58. The number of hydrogen-bond donors (Lipinski definition) is 1. The van der Waals surface area contributed by atoms with E-state index in [0.717, 1.165) is 5.56 Å². The van der Waals surface area contributed by atoms with Crippen LogP contribution in [0.5, 0.6) is 0 Å². The molecule has 0 atom stereocenters. The molecule has 1 N–H and O–H groups in total. The van der Waals surface area contributed by atoms with Crippen LogP contribution in [0.2, 0.25) is 0 Å². The lowest BCUT2D eigenvalue weighted by molar-refractivity contribution is -0.120. The fourth-order valence-corrected chi connectivity index (χ4v) is 2.09. The molecule has 0 spiro atoms. The number of amides is 1. The van der Waals surface area contributed by atoms with Crippen LogP contribution in [0.4, 0.5) is 5.69 Å². The fraction of sp³-hybridized carbons (Fsp3) is 0.222. The van der Waals surface area contributed by atoms with Gasteiger partial charge in [0.05, 0.1) is 5.41 Å². The summed E-state index contributed by atoms with van der Waals surface area (Å²) >= 11 is 0. The number of carbonyl (C=O) groups is 2. The van der Waals surface area contributed by atoms with Gasteiger partial charge in [-0.2, -0.15) is 0 Å². The van der Waals surface area contributed by atoms with Crippen LogP contribution in [-0.2, 0) is 10.2 Å². The van der Waals surface area contributed by atoms with Gasteiger partial charge in [-0.1, -0.05) is 42.5 Å². The molecule has 0 saturated heterocycles. The van der Waals surface area contributed by atoms with Crippen molar-refractivity contribution in [3.63, 3.8) is 0 Å². The van der Waals surface area contributed by atoms with Gasteiger partial charge in [0.25, 0.3) is 0 Å². The maximum absolute atomic E-state index is 12.5. The van der Waals surface area contributed by atoms with E-state index < -0.39 is 5.41 Å². The zero-order valence-electron chi connectivity index (χ0n) is 12.5. The molecule has 0 aliphatic carbocycles. The predicted octanol–water partition coefficient (Wildman–Crippen LogP) is 3.81. The quantitative estimate of drug-likeness (QED) is 0.866. The Balaban J connectivity index is 2.21. The molecule has 0 saturated carbocycles. The highest BCUT2D eigenvalue weighted by Gasteiger charge is 2.29. The van der Waals surface area contributed by atoms with Gasteiger partial charge >= 0.3 is 0 Å². The molecule has 0 unspecified atom stereocenters. The standard InChI is InChI=1S/C18H19NO2/c1-13(20)14-8-7-11-16(12-14)19-17(21)18(2,3)15-9-5-4-6-10-15/h4-12H,1-3H3,(H,19,21). The van der Waals surface area contributed by atoms with Gasteiger partial charge in [-0.25, -0.2) is 0 Å². The second kappa shape index (κ2) is 5.92. The van der Waals surface area contributed by atoms with E-state index in [-0.39, 0.29) is 11.7 Å². The number of Topliss-reactive ketones (excluding diaryl/α,β-unsaturated/α-hetero) is 1. The molecule has 21 heavy (non-hydrogen) atoms. The summed E-state index contributed by atoms with van der Waals surface area (Å²) in [6.45, 7) is 5.27. The Bertz CT molecular complexity index is 660. The topological polar surface area (TPSA) is 46.2 Å². The summed E-state index contributed by atoms with van der Waals surface area (Å²) in [5, 5.41) is 2.88. The highest BCUT2D eigenvalue weighted by atomic mass is 16.2. The largest absolute Gasteiger partial charge is 0.325 e. The van der Waals surface area contributed by atoms with E-state index in [9.17, 15) is 9.59 Å². The molecule has 108 valence electrons. The second-order valence-corrected chi connectivity index (χ2v) is 5.58. The molecule has 0 bridgehead atoms. The molecule has 0 radical (unpaired) electrons. The monoisotopic (exact) mass is 281 g/mol. The van der Waals surface area contributed by atoms with Crippen LogP contribution in [0, 0.1) is 0 Å². The number of ketones is 1. The third-order valence-electron chi connectivity index (χ3n) is 3.59. The van der Waals surface area contributed by atoms with Gasteiger partial charge in [-0.15, -0.1) is 0 Å². The van der Waals surface area contributed by atoms with Crippen molar-refractivity contribution >= 4 is 17.4 Å². The summed E-state index contributed by atoms with van der Waals surface area (Å²) < 4.78 is 0. The third-order valence-corrected chi connectivity index (χ3v) is 3.59. The van der Waals surface area contributed by atoms with Crippen molar-refractivity contribution in [1.29, 1.82) is 0 Å². The molecular formula is C18H19NO2. The smallest absolute Gasteiger partial charge is 0.234 e. The third kappa shape index (κ3) is 3.37. The minimum atomic E-state index is -0.645. The van der Waals surface area contributed by atoms with Crippen LogP contribution >= 0.6 is 0 Å². The van der Waals surface area contributed by atoms with Crippen molar-refractivity contribution in [3.05, 3.63) is 65.7 Å². The Morgan fingerprint density at radius 2 is 1.62 bits per heavy atom. The highest BCUT2D eigenvalue weighted by Crippen LogP contribution is 2.25. The summed E-state index contributed by atoms with van der Waals surface area (Å²) in [6, 6.07) is 16.6. The molecule has 2 aromatic carbocycles. The van der Waals surface area contributed by atoms with Crippen LogP contribution in [0.1, 0.15) is 36.7 Å². The molecule has 3 nitrogen and oxygen atoms in total. The van der Waals surface area contributed by atoms with Crippen molar-refractivity contribution in [1.82, 2.24) is 0 Å². The number of rotatable bonds is 4. The SMILES string of the molecule is CC(=O)c1cccc(NC(=O)C(C)(C)c2ccccc2)c1. The van der Waals surface area contributed by atoms with Gasteiger partial charge in [-0.3, -0.25) is 9.59 Å². The summed E-state index contributed by atoms with van der Waals surface area (Å²) in [4.78, 5) is 23.9. The number of carbonyl (C=O) groups excluding carboxylic acids is 2. The Labute approximate surface area is 125 Å². The molecule has 3 heteroatoms. The molecule has 0 heterocycles. The van der Waals surface area contributed by atoms with E-state index in [2.05, 4.69) is 5.32 Å². The first-order valence-corrected chi connectivity index (χ1v) is 6.89. The van der Waals surface area contributed by atoms with Gasteiger partial charge in [-0.05, 0) is 38.5 Å². The lowest BCUT2D eigenvalue weighted by atomic mass is 9.83. The van der Waals surface area contributed by atoms with Gasteiger partial charge in [0.2, 0.25) is 5.91 Å².